The fourth-order valence-corrected chi connectivity index (χ4v) is 1.75. The van der Waals surface area contributed by atoms with Gasteiger partial charge in [-0.05, 0) is 38.8 Å². The zero-order valence-corrected chi connectivity index (χ0v) is 10.9. The van der Waals surface area contributed by atoms with Gasteiger partial charge in [-0.1, -0.05) is 13.8 Å². The molecule has 0 radical (unpaired) electrons. The van der Waals surface area contributed by atoms with Crippen LogP contribution in [-0.2, 0) is 0 Å². The minimum Gasteiger partial charge on any atom is -0.475 e. The van der Waals surface area contributed by atoms with Crippen molar-refractivity contribution < 1.29 is 14.3 Å². The number of nitrogens with one attached hydrogen (secondary N) is 1. The highest BCUT2D eigenvalue weighted by molar-refractivity contribution is 5.84. The molecule has 1 atom stereocenters. The largest absolute Gasteiger partial charge is 0.475 e. The smallest absolute Gasteiger partial charge is 0.371 e. The Hall–Kier alpha value is -1.29. The number of carbonyl (C=O) groups is 1. The molecule has 1 heterocycles. The van der Waals surface area contributed by atoms with E-state index in [1.807, 2.05) is 6.92 Å². The van der Waals surface area contributed by atoms with Crippen molar-refractivity contribution in [3.63, 3.8) is 0 Å². The van der Waals surface area contributed by atoms with Gasteiger partial charge in [-0.2, -0.15) is 0 Å². The Morgan fingerprint density at radius 1 is 1.47 bits per heavy atom. The van der Waals surface area contributed by atoms with Crippen LogP contribution in [0.3, 0.4) is 0 Å². The minimum atomic E-state index is -1.03. The fraction of sp³-hybridized carbons (Fsp3) is 0.615. The highest BCUT2D eigenvalue weighted by Crippen LogP contribution is 2.22. The predicted molar refractivity (Wildman–Crippen MR) is 66.2 cm³/mol. The third-order valence-electron chi connectivity index (χ3n) is 3.39. The molecule has 4 heteroatoms. The van der Waals surface area contributed by atoms with Gasteiger partial charge in [0.25, 0.3) is 0 Å². The van der Waals surface area contributed by atoms with E-state index in [1.54, 1.807) is 6.07 Å². The van der Waals surface area contributed by atoms with E-state index in [9.17, 15) is 4.79 Å². The van der Waals surface area contributed by atoms with Crippen LogP contribution < -0.4 is 5.32 Å². The van der Waals surface area contributed by atoms with Crippen LogP contribution in [0.5, 0.6) is 0 Å². The summed E-state index contributed by atoms with van der Waals surface area (Å²) in [6.07, 6.45) is 2.03. The van der Waals surface area contributed by atoms with Gasteiger partial charge < -0.3 is 14.8 Å². The first-order valence-electron chi connectivity index (χ1n) is 6.02. The predicted octanol–water partition coefficient (Wildman–Crippen LogP) is 3.21. The first-order valence-corrected chi connectivity index (χ1v) is 6.02. The Balaban J connectivity index is 2.75. The maximum atomic E-state index is 10.7. The molecule has 0 saturated heterocycles. The van der Waals surface area contributed by atoms with Crippen LogP contribution >= 0.6 is 0 Å². The number of hydrogen-bond acceptors (Lipinski definition) is 3. The number of rotatable bonds is 6. The zero-order valence-electron chi connectivity index (χ0n) is 10.9. The lowest BCUT2D eigenvalue weighted by Gasteiger charge is -2.31. The lowest BCUT2D eigenvalue weighted by Crippen LogP contribution is -2.42. The van der Waals surface area contributed by atoms with Crippen molar-refractivity contribution in [3.05, 3.63) is 23.7 Å². The summed E-state index contributed by atoms with van der Waals surface area (Å²) >= 11 is 0. The van der Waals surface area contributed by atoms with Crippen molar-refractivity contribution in [3.8, 4) is 0 Å². The Kier molecular flexibility index (Phi) is 4.34. The molecule has 96 valence electrons. The fourth-order valence-electron chi connectivity index (χ4n) is 1.75. The summed E-state index contributed by atoms with van der Waals surface area (Å²) in [7, 11) is 0. The number of carboxylic acids is 1. The molecule has 1 aromatic heterocycles. The van der Waals surface area contributed by atoms with Crippen molar-refractivity contribution in [2.75, 3.05) is 0 Å². The van der Waals surface area contributed by atoms with Gasteiger partial charge in [0, 0.05) is 5.54 Å². The molecule has 1 unspecified atom stereocenters. The van der Waals surface area contributed by atoms with E-state index in [2.05, 4.69) is 26.1 Å². The lowest BCUT2D eigenvalue weighted by atomic mass is 9.94. The van der Waals surface area contributed by atoms with Gasteiger partial charge in [-0.25, -0.2) is 4.79 Å². The van der Waals surface area contributed by atoms with Crippen LogP contribution in [-0.4, -0.2) is 16.6 Å². The van der Waals surface area contributed by atoms with Crippen molar-refractivity contribution in [1.82, 2.24) is 5.32 Å². The average Bonchev–Trinajstić information content (AvgIpc) is 2.78. The molecule has 0 aliphatic rings. The zero-order chi connectivity index (χ0) is 13.1. The molecule has 1 rings (SSSR count). The van der Waals surface area contributed by atoms with Crippen molar-refractivity contribution in [2.24, 2.45) is 0 Å². The summed E-state index contributed by atoms with van der Waals surface area (Å²) < 4.78 is 5.28. The lowest BCUT2D eigenvalue weighted by molar-refractivity contribution is 0.0659. The van der Waals surface area contributed by atoms with E-state index < -0.39 is 5.97 Å². The van der Waals surface area contributed by atoms with Gasteiger partial charge in [-0.15, -0.1) is 0 Å². The summed E-state index contributed by atoms with van der Waals surface area (Å²) in [6.45, 7) is 8.40. The van der Waals surface area contributed by atoms with E-state index in [4.69, 9.17) is 9.52 Å². The van der Waals surface area contributed by atoms with Crippen molar-refractivity contribution >= 4 is 5.97 Å². The molecule has 0 amide bonds. The topological polar surface area (TPSA) is 62.5 Å². The minimum absolute atomic E-state index is 0.00741. The molecule has 0 bridgehead atoms. The molecular formula is C13H21NO3. The quantitative estimate of drug-likeness (QED) is 0.800. The van der Waals surface area contributed by atoms with Crippen LogP contribution in [0.4, 0.5) is 0 Å². The second-order valence-corrected chi connectivity index (χ2v) is 4.64. The van der Waals surface area contributed by atoms with Crippen molar-refractivity contribution in [1.29, 1.82) is 0 Å². The number of furan rings is 1. The summed E-state index contributed by atoms with van der Waals surface area (Å²) in [4.78, 5) is 10.7. The van der Waals surface area contributed by atoms with E-state index in [0.29, 0.717) is 5.76 Å². The van der Waals surface area contributed by atoms with Crippen LogP contribution in [0.2, 0.25) is 0 Å². The Morgan fingerprint density at radius 3 is 2.47 bits per heavy atom. The van der Waals surface area contributed by atoms with Gasteiger partial charge in [0.2, 0.25) is 5.76 Å². The molecule has 0 aliphatic carbocycles. The number of hydrogen-bond donors (Lipinski definition) is 2. The standard InChI is InChI=1S/C13H21NO3/c1-5-13(4,6-2)14-9(3)10-7-8-11(17-10)12(15)16/h7-9,14H,5-6H2,1-4H3,(H,15,16). The van der Waals surface area contributed by atoms with E-state index in [-0.39, 0.29) is 17.3 Å². The maximum absolute atomic E-state index is 10.7. The first kappa shape index (κ1) is 13.8. The Morgan fingerprint density at radius 2 is 2.06 bits per heavy atom. The van der Waals surface area contributed by atoms with Gasteiger partial charge >= 0.3 is 5.97 Å². The van der Waals surface area contributed by atoms with Gasteiger partial charge in [0.15, 0.2) is 0 Å². The van der Waals surface area contributed by atoms with Crippen molar-refractivity contribution in [2.45, 2.75) is 52.1 Å². The second-order valence-electron chi connectivity index (χ2n) is 4.64. The molecule has 4 nitrogen and oxygen atoms in total. The number of aromatic carboxylic acids is 1. The molecule has 0 aliphatic heterocycles. The highest BCUT2D eigenvalue weighted by Gasteiger charge is 2.24. The molecule has 17 heavy (non-hydrogen) atoms. The van der Waals surface area contributed by atoms with Gasteiger partial charge in [-0.3, -0.25) is 0 Å². The molecular weight excluding hydrogens is 218 g/mol. The maximum Gasteiger partial charge on any atom is 0.371 e. The summed E-state index contributed by atoms with van der Waals surface area (Å²) in [5.74, 6) is -0.379. The first-order chi connectivity index (χ1) is 7.91. The second kappa shape index (κ2) is 5.36. The van der Waals surface area contributed by atoms with Crippen LogP contribution in [0, 0.1) is 0 Å². The third-order valence-corrected chi connectivity index (χ3v) is 3.39. The van der Waals surface area contributed by atoms with E-state index >= 15 is 0 Å². The van der Waals surface area contributed by atoms with E-state index in [1.165, 1.54) is 6.07 Å². The highest BCUT2D eigenvalue weighted by atomic mass is 16.4. The summed E-state index contributed by atoms with van der Waals surface area (Å²) in [5, 5.41) is 12.3. The normalized spacial score (nSPS) is 13.6. The third kappa shape index (κ3) is 3.33. The van der Waals surface area contributed by atoms with E-state index in [0.717, 1.165) is 12.8 Å². The van der Waals surface area contributed by atoms with Crippen LogP contribution in [0.1, 0.15) is 62.9 Å². The molecule has 0 fully saturated rings. The molecule has 0 spiro atoms. The van der Waals surface area contributed by atoms with Gasteiger partial charge in [0.1, 0.15) is 5.76 Å². The average molecular weight is 239 g/mol. The SMILES string of the molecule is CCC(C)(CC)NC(C)c1ccc(C(=O)O)o1. The Bertz CT molecular complexity index is 380. The Labute approximate surface area is 102 Å². The molecule has 2 N–H and O–H groups in total. The molecule has 1 aromatic rings. The number of carboxylic acid groups (broad SMARTS) is 1. The summed E-state index contributed by atoms with van der Waals surface area (Å²) in [5.41, 5.74) is 0.0512. The monoisotopic (exact) mass is 239 g/mol. The van der Waals surface area contributed by atoms with Crippen LogP contribution in [0.25, 0.3) is 0 Å². The summed E-state index contributed by atoms with van der Waals surface area (Å²) in [6, 6.07) is 3.21. The van der Waals surface area contributed by atoms with Crippen LogP contribution in [0.15, 0.2) is 16.5 Å². The molecule has 0 aromatic carbocycles. The molecule has 0 saturated carbocycles. The van der Waals surface area contributed by atoms with Gasteiger partial charge in [0.05, 0.1) is 6.04 Å².